The second-order valence-corrected chi connectivity index (χ2v) is 11.8. The largest absolute Gasteiger partial charge is 0.309 e. The fourth-order valence-corrected chi connectivity index (χ4v) is 6.50. The normalized spacial score (nSPS) is 11.7. The van der Waals surface area contributed by atoms with Gasteiger partial charge in [0.15, 0.2) is 5.65 Å². The Morgan fingerprint density at radius 3 is 2.23 bits per heavy atom. The maximum atomic E-state index is 14.2. The number of aryl methyl sites for hydroxylation is 2. The number of nitro benzene ring substituents is 1. The van der Waals surface area contributed by atoms with Gasteiger partial charge in [-0.1, -0.05) is 72.8 Å². The van der Waals surface area contributed by atoms with Gasteiger partial charge >= 0.3 is 0 Å². The molecule has 44 heavy (non-hydrogen) atoms. The fourth-order valence-electron chi connectivity index (χ4n) is 4.94. The van der Waals surface area contributed by atoms with Crippen molar-refractivity contribution in [2.24, 2.45) is 0 Å². The number of nitrogens with zero attached hydrogens (tertiary/aromatic N) is 4. The summed E-state index contributed by atoms with van der Waals surface area (Å²) in [6.45, 7) is 0.294. The lowest BCUT2D eigenvalue weighted by atomic mass is 10.1. The third kappa shape index (κ3) is 5.68. The van der Waals surface area contributed by atoms with E-state index >= 15 is 0 Å². The molecule has 4 aromatic carbocycles. The quantitative estimate of drug-likeness (QED) is 0.118. The van der Waals surface area contributed by atoms with E-state index in [0.717, 1.165) is 5.56 Å². The fraction of sp³-hybridized carbons (Fsp3) is 0.0606. The highest BCUT2D eigenvalue weighted by Crippen LogP contribution is 2.37. The summed E-state index contributed by atoms with van der Waals surface area (Å²) in [4.78, 5) is 33.5. The first kappa shape index (κ1) is 28.4. The number of aromatic nitrogens is 3. The van der Waals surface area contributed by atoms with Crippen LogP contribution in [0.3, 0.4) is 0 Å². The maximum Gasteiger partial charge on any atom is 0.270 e. The predicted molar refractivity (Wildman–Crippen MR) is 168 cm³/mol. The number of benzene rings is 4. The highest BCUT2D eigenvalue weighted by molar-refractivity contribution is 7.92. The van der Waals surface area contributed by atoms with Gasteiger partial charge in [0, 0.05) is 24.8 Å². The molecule has 11 heteroatoms. The van der Waals surface area contributed by atoms with Crippen LogP contribution in [0.25, 0.3) is 28.3 Å². The monoisotopic (exact) mass is 603 g/mol. The minimum Gasteiger partial charge on any atom is -0.309 e. The van der Waals surface area contributed by atoms with Crippen LogP contribution in [0.15, 0.2) is 125 Å². The molecule has 0 unspecified atom stereocenters. The molecular formula is C33H25N5O5S. The molecule has 0 bridgehead atoms. The molecule has 2 heterocycles. The van der Waals surface area contributed by atoms with Gasteiger partial charge in [0.05, 0.1) is 20.9 Å². The van der Waals surface area contributed by atoms with E-state index in [2.05, 4.69) is 5.32 Å². The lowest BCUT2D eigenvalue weighted by Gasteiger charge is -2.13. The Bertz CT molecular complexity index is 2160. The third-order valence-corrected chi connectivity index (χ3v) is 8.86. The smallest absolute Gasteiger partial charge is 0.270 e. The molecule has 0 fully saturated rings. The van der Waals surface area contributed by atoms with Gasteiger partial charge in [-0.2, -0.15) is 0 Å². The van der Waals surface area contributed by atoms with Crippen LogP contribution in [-0.4, -0.2) is 33.8 Å². The molecule has 6 aromatic rings. The zero-order chi connectivity index (χ0) is 30.7. The van der Waals surface area contributed by atoms with Crippen LogP contribution < -0.4 is 5.32 Å². The zero-order valence-electron chi connectivity index (χ0n) is 23.2. The van der Waals surface area contributed by atoms with Crippen molar-refractivity contribution in [3.05, 3.63) is 137 Å². The summed E-state index contributed by atoms with van der Waals surface area (Å²) in [5.41, 5.74) is 2.86. The summed E-state index contributed by atoms with van der Waals surface area (Å²) < 4.78 is 30.2. The summed E-state index contributed by atoms with van der Waals surface area (Å²) in [7, 11) is -4.19. The van der Waals surface area contributed by atoms with Crippen molar-refractivity contribution in [3.63, 3.8) is 0 Å². The molecule has 0 aliphatic rings. The maximum absolute atomic E-state index is 14.2. The molecule has 1 amide bonds. The van der Waals surface area contributed by atoms with Gasteiger partial charge in [0.2, 0.25) is 15.7 Å². The van der Waals surface area contributed by atoms with Crippen molar-refractivity contribution >= 4 is 55.5 Å². The lowest BCUT2D eigenvalue weighted by molar-refractivity contribution is -0.384. The molecule has 0 aliphatic carbocycles. The standard InChI is InChI=1S/C33H25N5O5S/c39-29(19-18-24-12-9-13-25(22-24)38(40)41)36-33-31(44(42,43)26-14-5-2-6-15-26)30-32(35-28-17-8-7-16-27(28)34-30)37(33)21-20-23-10-3-1-4-11-23/h1-19,22H,20-21H2,(H,36,39)/b19-18-. The molecule has 10 nitrogen and oxygen atoms in total. The van der Waals surface area contributed by atoms with Crippen LogP contribution in [0.5, 0.6) is 0 Å². The SMILES string of the molecule is O=C(/C=C\c1cccc([N+](=O)[O-])c1)Nc1c(S(=O)(=O)c2ccccc2)c2nc3ccccc3nc2n1CCc1ccccc1. The number of anilines is 1. The molecule has 0 atom stereocenters. The van der Waals surface area contributed by atoms with Gasteiger partial charge in [0.1, 0.15) is 16.2 Å². The number of amides is 1. The molecular weight excluding hydrogens is 578 g/mol. The van der Waals surface area contributed by atoms with E-state index in [1.54, 1.807) is 47.0 Å². The number of fused-ring (bicyclic) bond motifs is 2. The molecule has 0 spiro atoms. The highest BCUT2D eigenvalue weighted by Gasteiger charge is 2.32. The number of hydrogen-bond donors (Lipinski definition) is 1. The summed E-state index contributed by atoms with van der Waals surface area (Å²) in [6.07, 6.45) is 3.15. The number of carbonyl (C=O) groups excluding carboxylic acids is 1. The van der Waals surface area contributed by atoms with E-state index in [1.165, 1.54) is 42.5 Å². The van der Waals surface area contributed by atoms with E-state index in [-0.39, 0.29) is 26.8 Å². The van der Waals surface area contributed by atoms with E-state index in [1.807, 2.05) is 36.4 Å². The molecule has 218 valence electrons. The highest BCUT2D eigenvalue weighted by atomic mass is 32.2. The van der Waals surface area contributed by atoms with Crippen LogP contribution in [-0.2, 0) is 27.6 Å². The van der Waals surface area contributed by atoms with Crippen molar-refractivity contribution in [2.45, 2.75) is 22.8 Å². The molecule has 0 aliphatic heterocycles. The Kier molecular flexibility index (Phi) is 7.69. The Balaban J connectivity index is 1.52. The second-order valence-electron chi connectivity index (χ2n) is 9.94. The second kappa shape index (κ2) is 11.9. The summed E-state index contributed by atoms with van der Waals surface area (Å²) in [5.74, 6) is -0.599. The van der Waals surface area contributed by atoms with Crippen LogP contribution in [0.2, 0.25) is 0 Å². The first-order chi connectivity index (χ1) is 21.3. The van der Waals surface area contributed by atoms with E-state index in [9.17, 15) is 23.3 Å². The summed E-state index contributed by atoms with van der Waals surface area (Å²) >= 11 is 0. The van der Waals surface area contributed by atoms with E-state index in [0.29, 0.717) is 35.2 Å². The van der Waals surface area contributed by atoms with Gasteiger partial charge in [-0.05, 0) is 47.9 Å². The number of sulfone groups is 1. The van der Waals surface area contributed by atoms with Gasteiger partial charge < -0.3 is 9.88 Å². The predicted octanol–water partition coefficient (Wildman–Crippen LogP) is 6.22. The summed E-state index contributed by atoms with van der Waals surface area (Å²) in [6, 6.07) is 30.6. The van der Waals surface area contributed by atoms with Crippen LogP contribution >= 0.6 is 0 Å². The molecule has 1 N–H and O–H groups in total. The molecule has 2 aromatic heterocycles. The molecule has 0 saturated carbocycles. The number of nitro groups is 1. The van der Waals surface area contributed by atoms with Gasteiger partial charge in [-0.15, -0.1) is 0 Å². The number of para-hydroxylation sites is 2. The third-order valence-electron chi connectivity index (χ3n) is 7.05. The Labute approximate surface area is 252 Å². The molecule has 0 radical (unpaired) electrons. The van der Waals surface area contributed by atoms with Crippen molar-refractivity contribution in [1.29, 1.82) is 0 Å². The number of rotatable bonds is 9. The van der Waals surface area contributed by atoms with Crippen LogP contribution in [0.1, 0.15) is 11.1 Å². The number of nitrogens with one attached hydrogen (secondary N) is 1. The molecule has 6 rings (SSSR count). The number of carbonyl (C=O) groups is 1. The van der Waals surface area contributed by atoms with Gasteiger partial charge in [-0.25, -0.2) is 18.4 Å². The topological polar surface area (TPSA) is 137 Å². The van der Waals surface area contributed by atoms with Crippen LogP contribution in [0, 0.1) is 10.1 Å². The number of non-ortho nitro benzene ring substituents is 1. The Hall–Kier alpha value is -5.68. The van der Waals surface area contributed by atoms with Gasteiger partial charge in [-0.3, -0.25) is 14.9 Å². The van der Waals surface area contributed by atoms with E-state index in [4.69, 9.17) is 9.97 Å². The minimum absolute atomic E-state index is 0.0313. The zero-order valence-corrected chi connectivity index (χ0v) is 24.0. The van der Waals surface area contributed by atoms with Crippen molar-refractivity contribution in [3.8, 4) is 0 Å². The average molecular weight is 604 g/mol. The van der Waals surface area contributed by atoms with E-state index < -0.39 is 20.7 Å². The van der Waals surface area contributed by atoms with Crippen molar-refractivity contribution in [2.75, 3.05) is 5.32 Å². The van der Waals surface area contributed by atoms with Gasteiger partial charge in [0.25, 0.3) is 5.69 Å². The minimum atomic E-state index is -4.19. The first-order valence-electron chi connectivity index (χ1n) is 13.7. The van der Waals surface area contributed by atoms with Crippen molar-refractivity contribution in [1.82, 2.24) is 14.5 Å². The average Bonchev–Trinajstić information content (AvgIpc) is 3.34. The Morgan fingerprint density at radius 1 is 0.864 bits per heavy atom. The lowest BCUT2D eigenvalue weighted by Crippen LogP contribution is -2.16. The molecule has 0 saturated heterocycles. The van der Waals surface area contributed by atoms with Crippen LogP contribution in [0.4, 0.5) is 11.5 Å². The Morgan fingerprint density at radius 2 is 1.52 bits per heavy atom. The van der Waals surface area contributed by atoms with Crippen molar-refractivity contribution < 1.29 is 18.1 Å². The first-order valence-corrected chi connectivity index (χ1v) is 15.2. The summed E-state index contributed by atoms with van der Waals surface area (Å²) in [5, 5.41) is 14.0. The number of hydrogen-bond acceptors (Lipinski definition) is 7.